The number of aromatic amines is 1. The zero-order valence-corrected chi connectivity index (χ0v) is 18.1. The van der Waals surface area contributed by atoms with Gasteiger partial charge in [-0.1, -0.05) is 29.3 Å². The van der Waals surface area contributed by atoms with Crippen LogP contribution < -0.4 is 4.90 Å². The summed E-state index contributed by atoms with van der Waals surface area (Å²) in [5.74, 6) is -0.250. The van der Waals surface area contributed by atoms with Gasteiger partial charge in [0.2, 0.25) is 5.91 Å². The normalized spacial score (nSPS) is 22.2. The Balaban J connectivity index is 1.47. The second-order valence-electron chi connectivity index (χ2n) is 8.45. The van der Waals surface area contributed by atoms with Gasteiger partial charge in [-0.2, -0.15) is 0 Å². The highest BCUT2D eigenvalue weighted by molar-refractivity contribution is 6.31. The highest BCUT2D eigenvalue weighted by Crippen LogP contribution is 2.39. The zero-order chi connectivity index (χ0) is 21.2. The first-order valence-corrected chi connectivity index (χ1v) is 10.7. The van der Waals surface area contributed by atoms with Gasteiger partial charge in [-0.15, -0.1) is 0 Å². The lowest BCUT2D eigenvalue weighted by Gasteiger charge is -2.36. The number of fused-ring (bicyclic) bond motifs is 3. The number of rotatable bonds is 2. The number of imide groups is 1. The lowest BCUT2D eigenvalue weighted by atomic mass is 9.96. The molecule has 154 valence electrons. The Morgan fingerprint density at radius 3 is 2.67 bits per heavy atom. The number of anilines is 1. The molecule has 1 saturated heterocycles. The molecule has 1 fully saturated rings. The molecule has 2 unspecified atom stereocenters. The minimum absolute atomic E-state index is 0.0146. The first-order chi connectivity index (χ1) is 14.3. The molecule has 30 heavy (non-hydrogen) atoms. The summed E-state index contributed by atoms with van der Waals surface area (Å²) in [5.41, 5.74) is 6.19. The average molecular weight is 422 g/mol. The minimum Gasteiger partial charge on any atom is -0.357 e. The van der Waals surface area contributed by atoms with Crippen LogP contribution in [-0.2, 0) is 16.0 Å². The summed E-state index contributed by atoms with van der Waals surface area (Å²) in [5, 5.41) is 1.87. The van der Waals surface area contributed by atoms with Crippen molar-refractivity contribution in [1.29, 1.82) is 0 Å². The van der Waals surface area contributed by atoms with Crippen LogP contribution in [0.4, 0.5) is 5.69 Å². The number of halogens is 1. The molecule has 0 radical (unpaired) electrons. The van der Waals surface area contributed by atoms with Gasteiger partial charge in [0.15, 0.2) is 0 Å². The van der Waals surface area contributed by atoms with Gasteiger partial charge < -0.3 is 4.98 Å². The molecular weight excluding hydrogens is 398 g/mol. The Morgan fingerprint density at radius 1 is 1.10 bits per heavy atom. The number of hydrogen-bond donors (Lipinski definition) is 1. The van der Waals surface area contributed by atoms with Crippen molar-refractivity contribution in [1.82, 2.24) is 9.88 Å². The number of benzene rings is 2. The van der Waals surface area contributed by atoms with Crippen LogP contribution in [0, 0.1) is 13.8 Å². The molecule has 2 aliphatic heterocycles. The zero-order valence-electron chi connectivity index (χ0n) is 17.3. The third kappa shape index (κ3) is 2.88. The molecule has 5 rings (SSSR count). The molecule has 0 spiro atoms. The Morgan fingerprint density at radius 2 is 1.90 bits per heavy atom. The lowest BCUT2D eigenvalue weighted by molar-refractivity contribution is -0.123. The Bertz CT molecular complexity index is 1200. The summed E-state index contributed by atoms with van der Waals surface area (Å²) in [6.45, 7) is 6.79. The van der Waals surface area contributed by atoms with E-state index in [1.807, 2.05) is 50.2 Å². The molecule has 2 atom stereocenters. The average Bonchev–Trinajstić information content (AvgIpc) is 3.20. The molecule has 3 heterocycles. The van der Waals surface area contributed by atoms with Crippen LogP contribution in [0.3, 0.4) is 0 Å². The van der Waals surface area contributed by atoms with Gasteiger partial charge in [-0.3, -0.25) is 14.5 Å². The summed E-state index contributed by atoms with van der Waals surface area (Å²) in [4.78, 5) is 33.3. The summed E-state index contributed by atoms with van der Waals surface area (Å²) < 4.78 is 0. The first-order valence-electron chi connectivity index (χ1n) is 10.3. The van der Waals surface area contributed by atoms with E-state index in [0.717, 1.165) is 45.7 Å². The molecule has 1 N–H and O–H groups in total. The number of H-pyrrole nitrogens is 1. The Hall–Kier alpha value is -2.63. The maximum atomic E-state index is 13.4. The highest BCUT2D eigenvalue weighted by atomic mass is 35.5. The molecule has 2 aliphatic rings. The molecule has 5 nitrogen and oxygen atoms in total. The van der Waals surface area contributed by atoms with Crippen LogP contribution in [0.1, 0.15) is 41.8 Å². The van der Waals surface area contributed by atoms with Crippen LogP contribution in [0.2, 0.25) is 5.02 Å². The summed E-state index contributed by atoms with van der Waals surface area (Å²) >= 11 is 6.21. The Kier molecular flexibility index (Phi) is 4.49. The number of amides is 2. The Labute approximate surface area is 180 Å². The fraction of sp³-hybridized carbons (Fsp3) is 0.333. The second-order valence-corrected chi connectivity index (χ2v) is 8.88. The van der Waals surface area contributed by atoms with E-state index in [1.54, 1.807) is 0 Å². The molecule has 3 aromatic rings. The highest BCUT2D eigenvalue weighted by Gasteiger charge is 2.45. The number of carbonyl (C=O) groups is 2. The molecular formula is C24H24ClN3O2. The fourth-order valence-electron chi connectivity index (χ4n) is 5.08. The van der Waals surface area contributed by atoms with Crippen molar-refractivity contribution >= 4 is 40.0 Å². The summed E-state index contributed by atoms with van der Waals surface area (Å²) in [6, 6.07) is 11.3. The van der Waals surface area contributed by atoms with Crippen LogP contribution in [-0.4, -0.2) is 34.3 Å². The SMILES string of the molecule is Cc1ccc(N2C(=O)CC(N3CCc4c([nH]c5ccc(Cl)cc45)C3C)C2=O)c(C)c1. The number of aryl methyl sites for hydroxylation is 2. The van der Waals surface area contributed by atoms with Gasteiger partial charge in [0.05, 0.1) is 18.2 Å². The van der Waals surface area contributed by atoms with Gasteiger partial charge in [0.25, 0.3) is 5.91 Å². The van der Waals surface area contributed by atoms with Crippen LogP contribution in [0.5, 0.6) is 0 Å². The quantitative estimate of drug-likeness (QED) is 0.611. The maximum Gasteiger partial charge on any atom is 0.251 e. The van der Waals surface area contributed by atoms with Crippen molar-refractivity contribution < 1.29 is 9.59 Å². The van der Waals surface area contributed by atoms with Crippen molar-refractivity contribution in [2.45, 2.75) is 45.7 Å². The number of hydrogen-bond acceptors (Lipinski definition) is 3. The molecule has 2 amide bonds. The number of carbonyl (C=O) groups excluding carboxylic acids is 2. The van der Waals surface area contributed by atoms with E-state index >= 15 is 0 Å². The topological polar surface area (TPSA) is 56.4 Å². The standard InChI is InChI=1S/C24H24ClN3O2/c1-13-4-7-20(14(2)10-13)28-22(29)12-21(24(28)30)27-9-8-17-18-11-16(25)5-6-19(18)26-23(17)15(27)3/h4-7,10-11,15,21,26H,8-9,12H2,1-3H3. The van der Waals surface area contributed by atoms with Crippen molar-refractivity contribution in [2.75, 3.05) is 11.4 Å². The smallest absolute Gasteiger partial charge is 0.251 e. The molecule has 0 aliphatic carbocycles. The predicted molar refractivity (Wildman–Crippen MR) is 119 cm³/mol. The lowest BCUT2D eigenvalue weighted by Crippen LogP contribution is -2.46. The van der Waals surface area contributed by atoms with Crippen molar-refractivity contribution in [3.8, 4) is 0 Å². The van der Waals surface area contributed by atoms with E-state index in [9.17, 15) is 9.59 Å². The molecule has 2 aromatic carbocycles. The van der Waals surface area contributed by atoms with E-state index in [0.29, 0.717) is 5.69 Å². The van der Waals surface area contributed by atoms with Gasteiger partial charge in [0.1, 0.15) is 0 Å². The van der Waals surface area contributed by atoms with Gasteiger partial charge in [0, 0.05) is 34.2 Å². The number of nitrogens with zero attached hydrogens (tertiary/aromatic N) is 2. The number of nitrogens with one attached hydrogen (secondary N) is 1. The van der Waals surface area contributed by atoms with Crippen molar-refractivity contribution in [3.63, 3.8) is 0 Å². The summed E-state index contributed by atoms with van der Waals surface area (Å²) in [7, 11) is 0. The van der Waals surface area contributed by atoms with E-state index in [1.165, 1.54) is 10.5 Å². The van der Waals surface area contributed by atoms with Crippen LogP contribution in [0.25, 0.3) is 10.9 Å². The van der Waals surface area contributed by atoms with E-state index < -0.39 is 6.04 Å². The summed E-state index contributed by atoms with van der Waals surface area (Å²) in [6.07, 6.45) is 1.04. The minimum atomic E-state index is -0.434. The van der Waals surface area contributed by atoms with Gasteiger partial charge >= 0.3 is 0 Å². The third-order valence-corrected chi connectivity index (χ3v) is 6.79. The first kappa shape index (κ1) is 19.3. The molecule has 0 saturated carbocycles. The third-order valence-electron chi connectivity index (χ3n) is 6.55. The van der Waals surface area contributed by atoms with E-state index in [-0.39, 0.29) is 24.3 Å². The second kappa shape index (κ2) is 6.96. The fourth-order valence-corrected chi connectivity index (χ4v) is 5.25. The maximum absolute atomic E-state index is 13.4. The van der Waals surface area contributed by atoms with Crippen molar-refractivity contribution in [3.05, 3.63) is 63.8 Å². The molecule has 0 bridgehead atoms. The molecule has 1 aromatic heterocycles. The molecule has 6 heteroatoms. The van der Waals surface area contributed by atoms with Crippen LogP contribution in [0.15, 0.2) is 36.4 Å². The van der Waals surface area contributed by atoms with Crippen molar-refractivity contribution in [2.24, 2.45) is 0 Å². The van der Waals surface area contributed by atoms with E-state index in [4.69, 9.17) is 11.6 Å². The number of aromatic nitrogens is 1. The predicted octanol–water partition coefficient (Wildman–Crippen LogP) is 4.69. The largest absolute Gasteiger partial charge is 0.357 e. The van der Waals surface area contributed by atoms with Crippen LogP contribution >= 0.6 is 11.6 Å². The van der Waals surface area contributed by atoms with Gasteiger partial charge in [-0.25, -0.2) is 4.90 Å². The monoisotopic (exact) mass is 421 g/mol. The van der Waals surface area contributed by atoms with Gasteiger partial charge in [-0.05, 0) is 62.6 Å². The van der Waals surface area contributed by atoms with E-state index in [2.05, 4.69) is 16.8 Å².